The number of carbonyl (C=O) groups is 1. The van der Waals surface area contributed by atoms with Gasteiger partial charge in [0.05, 0.1) is 4.88 Å². The van der Waals surface area contributed by atoms with Gasteiger partial charge in [0.1, 0.15) is 0 Å². The van der Waals surface area contributed by atoms with Crippen molar-refractivity contribution in [2.24, 2.45) is 0 Å². The van der Waals surface area contributed by atoms with Crippen LogP contribution in [0.5, 0.6) is 0 Å². The van der Waals surface area contributed by atoms with Crippen LogP contribution in [0.25, 0.3) is 10.4 Å². The summed E-state index contributed by atoms with van der Waals surface area (Å²) < 4.78 is 5.05. The number of rotatable bonds is 5. The molecule has 1 aromatic carbocycles. The van der Waals surface area contributed by atoms with Crippen LogP contribution in [0.4, 0.5) is 0 Å². The van der Waals surface area contributed by atoms with Crippen LogP contribution in [0, 0.1) is 0 Å². The minimum atomic E-state index is 0.119. The highest BCUT2D eigenvalue weighted by Gasteiger charge is 2.22. The van der Waals surface area contributed by atoms with Crippen LogP contribution in [0.15, 0.2) is 30.3 Å². The zero-order valence-corrected chi connectivity index (χ0v) is 13.9. The van der Waals surface area contributed by atoms with Crippen molar-refractivity contribution in [2.45, 2.75) is 19.3 Å². The highest BCUT2D eigenvalue weighted by atomic mass is 32.1. The maximum Gasteiger partial charge on any atom is 0.263 e. The second-order valence-corrected chi connectivity index (χ2v) is 6.75. The maximum atomic E-state index is 12.6. The summed E-state index contributed by atoms with van der Waals surface area (Å²) in [5.41, 5.74) is 4.01. The number of hydrogen-bond donors (Lipinski definition) is 0. The predicted octanol–water partition coefficient (Wildman–Crippen LogP) is 3.62. The Bertz CT molecular complexity index is 677. The van der Waals surface area contributed by atoms with Crippen molar-refractivity contribution in [3.63, 3.8) is 0 Å². The second kappa shape index (κ2) is 6.63. The molecule has 0 aliphatic heterocycles. The van der Waals surface area contributed by atoms with Crippen LogP contribution in [0.2, 0.25) is 0 Å². The third-order valence-electron chi connectivity index (χ3n) is 4.13. The van der Waals surface area contributed by atoms with Gasteiger partial charge in [-0.3, -0.25) is 4.79 Å². The Hall–Kier alpha value is -1.65. The minimum absolute atomic E-state index is 0.119. The Morgan fingerprint density at radius 3 is 2.86 bits per heavy atom. The number of ether oxygens (including phenoxy) is 1. The molecular weight excluding hydrogens is 294 g/mol. The van der Waals surface area contributed by atoms with Gasteiger partial charge in [-0.15, -0.1) is 11.3 Å². The second-order valence-electron chi connectivity index (χ2n) is 5.70. The molecule has 1 aliphatic rings. The van der Waals surface area contributed by atoms with Crippen molar-refractivity contribution in [3.8, 4) is 10.4 Å². The molecule has 0 atom stereocenters. The van der Waals surface area contributed by atoms with E-state index in [2.05, 4.69) is 30.3 Å². The van der Waals surface area contributed by atoms with Crippen LogP contribution in [-0.2, 0) is 17.6 Å². The summed E-state index contributed by atoms with van der Waals surface area (Å²) in [4.78, 5) is 16.5. The van der Waals surface area contributed by atoms with E-state index in [4.69, 9.17) is 4.74 Å². The molecule has 2 aromatic rings. The van der Waals surface area contributed by atoms with Gasteiger partial charge in [0.15, 0.2) is 0 Å². The number of hydrogen-bond acceptors (Lipinski definition) is 3. The first-order chi connectivity index (χ1) is 10.7. The Kier molecular flexibility index (Phi) is 4.60. The number of amides is 1. The van der Waals surface area contributed by atoms with Gasteiger partial charge in [-0.25, -0.2) is 0 Å². The quantitative estimate of drug-likeness (QED) is 0.789. The highest BCUT2D eigenvalue weighted by Crippen LogP contribution is 2.39. The van der Waals surface area contributed by atoms with Crippen LogP contribution in [-0.4, -0.2) is 38.1 Å². The van der Waals surface area contributed by atoms with Gasteiger partial charge in [-0.1, -0.05) is 24.3 Å². The van der Waals surface area contributed by atoms with Gasteiger partial charge < -0.3 is 9.64 Å². The summed E-state index contributed by atoms with van der Waals surface area (Å²) in [5.74, 6) is 0.119. The lowest BCUT2D eigenvalue weighted by molar-refractivity contribution is 0.0784. The molecule has 0 saturated heterocycles. The summed E-state index contributed by atoms with van der Waals surface area (Å²) in [6, 6.07) is 10.6. The van der Waals surface area contributed by atoms with Crippen LogP contribution < -0.4 is 0 Å². The molecule has 1 amide bonds. The van der Waals surface area contributed by atoms with Crippen molar-refractivity contribution in [1.29, 1.82) is 0 Å². The summed E-state index contributed by atoms with van der Waals surface area (Å²) in [5, 5.41) is 0. The number of fused-ring (bicyclic) bond motifs is 3. The van der Waals surface area contributed by atoms with Crippen LogP contribution >= 0.6 is 11.3 Å². The predicted molar refractivity (Wildman–Crippen MR) is 90.6 cm³/mol. The third kappa shape index (κ3) is 2.94. The van der Waals surface area contributed by atoms with E-state index in [1.165, 1.54) is 21.6 Å². The van der Waals surface area contributed by atoms with Gasteiger partial charge in [-0.2, -0.15) is 0 Å². The van der Waals surface area contributed by atoms with Crippen molar-refractivity contribution < 1.29 is 9.53 Å². The molecule has 1 heterocycles. The van der Waals surface area contributed by atoms with E-state index in [-0.39, 0.29) is 5.91 Å². The standard InChI is InChI=1S/C18H21NO2S/c1-19(10-5-11-21-2)18(20)16-12-14-9-8-13-6-3-4-7-15(13)17(14)22-16/h3-4,6-7,12H,5,8-11H2,1-2H3. The average molecular weight is 315 g/mol. The Morgan fingerprint density at radius 2 is 2.05 bits per heavy atom. The molecule has 3 nitrogen and oxygen atoms in total. The minimum Gasteiger partial charge on any atom is -0.385 e. The Morgan fingerprint density at radius 1 is 1.27 bits per heavy atom. The molecule has 0 spiro atoms. The molecule has 1 aromatic heterocycles. The van der Waals surface area contributed by atoms with E-state index >= 15 is 0 Å². The van der Waals surface area contributed by atoms with E-state index in [1.807, 2.05) is 7.05 Å². The lowest BCUT2D eigenvalue weighted by atomic mass is 9.91. The molecular formula is C18H21NO2S. The highest BCUT2D eigenvalue weighted by molar-refractivity contribution is 7.17. The summed E-state index contributed by atoms with van der Waals surface area (Å²) >= 11 is 1.63. The number of aryl methyl sites for hydroxylation is 2. The normalized spacial score (nSPS) is 12.6. The van der Waals surface area contributed by atoms with Crippen molar-refractivity contribution >= 4 is 17.2 Å². The van der Waals surface area contributed by atoms with Crippen molar-refractivity contribution in [2.75, 3.05) is 27.3 Å². The molecule has 1 aliphatic carbocycles. The van der Waals surface area contributed by atoms with Crippen LogP contribution in [0.3, 0.4) is 0 Å². The fourth-order valence-electron chi connectivity index (χ4n) is 2.91. The molecule has 0 fully saturated rings. The van der Waals surface area contributed by atoms with Gasteiger partial charge in [0.2, 0.25) is 0 Å². The zero-order chi connectivity index (χ0) is 15.5. The van der Waals surface area contributed by atoms with E-state index in [9.17, 15) is 4.79 Å². The number of methoxy groups -OCH3 is 1. The Balaban J connectivity index is 1.81. The van der Waals surface area contributed by atoms with E-state index < -0.39 is 0 Å². The average Bonchev–Trinajstić information content (AvgIpc) is 2.98. The monoisotopic (exact) mass is 315 g/mol. The van der Waals surface area contributed by atoms with Gasteiger partial charge in [-0.05, 0) is 42.0 Å². The van der Waals surface area contributed by atoms with Gasteiger partial charge in [0, 0.05) is 32.2 Å². The summed E-state index contributed by atoms with van der Waals surface area (Å²) in [6.45, 7) is 1.41. The van der Waals surface area contributed by atoms with E-state index in [0.29, 0.717) is 6.61 Å². The smallest absolute Gasteiger partial charge is 0.263 e. The molecule has 4 heteroatoms. The van der Waals surface area contributed by atoms with Gasteiger partial charge in [0.25, 0.3) is 5.91 Å². The largest absolute Gasteiger partial charge is 0.385 e. The van der Waals surface area contributed by atoms with Crippen molar-refractivity contribution in [3.05, 3.63) is 46.3 Å². The van der Waals surface area contributed by atoms with E-state index in [1.54, 1.807) is 23.3 Å². The molecule has 22 heavy (non-hydrogen) atoms. The maximum absolute atomic E-state index is 12.6. The topological polar surface area (TPSA) is 29.5 Å². The fraction of sp³-hybridized carbons (Fsp3) is 0.389. The first-order valence-electron chi connectivity index (χ1n) is 7.66. The summed E-state index contributed by atoms with van der Waals surface area (Å²) in [7, 11) is 3.55. The lowest BCUT2D eigenvalue weighted by Gasteiger charge is -2.15. The van der Waals surface area contributed by atoms with E-state index in [0.717, 1.165) is 30.7 Å². The SMILES string of the molecule is COCCCN(C)C(=O)c1cc2c(s1)-c1ccccc1CC2. The number of carbonyl (C=O) groups excluding carboxylic acids is 1. The molecule has 3 rings (SSSR count). The molecule has 0 N–H and O–H groups in total. The number of benzene rings is 1. The molecule has 116 valence electrons. The number of thiophene rings is 1. The van der Waals surface area contributed by atoms with Gasteiger partial charge >= 0.3 is 0 Å². The summed E-state index contributed by atoms with van der Waals surface area (Å²) in [6.07, 6.45) is 2.97. The lowest BCUT2D eigenvalue weighted by Crippen LogP contribution is -2.27. The molecule has 0 unspecified atom stereocenters. The first kappa shape index (κ1) is 15.3. The number of nitrogens with zero attached hydrogens (tertiary/aromatic N) is 1. The molecule has 0 radical (unpaired) electrons. The van der Waals surface area contributed by atoms with Crippen LogP contribution in [0.1, 0.15) is 27.2 Å². The Labute approximate surface area is 135 Å². The fourth-order valence-corrected chi connectivity index (χ4v) is 4.18. The third-order valence-corrected chi connectivity index (χ3v) is 5.33. The molecule has 0 saturated carbocycles. The molecule has 0 bridgehead atoms. The first-order valence-corrected chi connectivity index (χ1v) is 8.47. The van der Waals surface area contributed by atoms with Crippen molar-refractivity contribution in [1.82, 2.24) is 4.90 Å². The zero-order valence-electron chi connectivity index (χ0n) is 13.1.